The Hall–Kier alpha value is -2.56. The zero-order chi connectivity index (χ0) is 14.8. The Morgan fingerprint density at radius 2 is 1.48 bits per heavy atom. The predicted molar refractivity (Wildman–Crippen MR) is 71.3 cm³/mol. The second kappa shape index (κ2) is 3.55. The number of nitrogens with zero attached hydrogens (tertiary/aromatic N) is 4. The molecule has 100 valence electrons. The highest BCUT2D eigenvalue weighted by molar-refractivity contribution is 5.54. The summed E-state index contributed by atoms with van der Waals surface area (Å²) in [6.45, 7) is 0. The molecule has 0 aromatic heterocycles. The molecule has 4 bridgehead atoms. The Morgan fingerprint density at radius 3 is 2.10 bits per heavy atom. The maximum Gasteiger partial charge on any atom is 0.182 e. The molecule has 0 radical (unpaired) electrons. The van der Waals surface area contributed by atoms with E-state index >= 15 is 0 Å². The first-order chi connectivity index (χ1) is 10.2. The van der Waals surface area contributed by atoms with Crippen LogP contribution < -0.4 is 0 Å². The molecule has 4 heteroatoms. The molecule has 4 aliphatic carbocycles. The van der Waals surface area contributed by atoms with Crippen LogP contribution in [0.2, 0.25) is 0 Å². The maximum absolute atomic E-state index is 9.68. The summed E-state index contributed by atoms with van der Waals surface area (Å²) >= 11 is 0. The fraction of sp³-hybridized carbons (Fsp3) is 0.529. The van der Waals surface area contributed by atoms with Gasteiger partial charge in [0.25, 0.3) is 0 Å². The zero-order valence-electron chi connectivity index (χ0n) is 11.4. The molecule has 4 rings (SSSR count). The zero-order valence-corrected chi connectivity index (χ0v) is 11.4. The molecule has 0 amide bonds. The molecule has 0 spiro atoms. The van der Waals surface area contributed by atoms with Crippen molar-refractivity contribution in [1.82, 2.24) is 0 Å². The first-order valence-corrected chi connectivity index (χ1v) is 7.23. The molecule has 4 aliphatic rings. The van der Waals surface area contributed by atoms with E-state index in [1.165, 1.54) is 11.1 Å². The van der Waals surface area contributed by atoms with E-state index in [9.17, 15) is 21.0 Å². The van der Waals surface area contributed by atoms with Gasteiger partial charge in [-0.1, -0.05) is 23.3 Å². The summed E-state index contributed by atoms with van der Waals surface area (Å²) in [4.78, 5) is 0. The van der Waals surface area contributed by atoms with Gasteiger partial charge in [0.1, 0.15) is 0 Å². The summed E-state index contributed by atoms with van der Waals surface area (Å²) in [5, 5.41) is 38.7. The van der Waals surface area contributed by atoms with Gasteiger partial charge in [-0.3, -0.25) is 0 Å². The van der Waals surface area contributed by atoms with Crippen molar-refractivity contribution < 1.29 is 0 Å². The summed E-state index contributed by atoms with van der Waals surface area (Å²) in [6.07, 6.45) is 6.96. The van der Waals surface area contributed by atoms with Crippen LogP contribution >= 0.6 is 0 Å². The monoisotopic (exact) mass is 272 g/mol. The lowest BCUT2D eigenvalue weighted by atomic mass is 9.54. The second-order valence-electron chi connectivity index (χ2n) is 6.58. The fourth-order valence-electron chi connectivity index (χ4n) is 5.24. The normalized spacial score (nSPS) is 39.0. The van der Waals surface area contributed by atoms with E-state index in [0.717, 1.165) is 12.8 Å². The largest absolute Gasteiger partial charge is 0.196 e. The molecule has 1 saturated carbocycles. The number of fused-ring (bicyclic) bond motifs is 7. The van der Waals surface area contributed by atoms with Crippen LogP contribution in [0.1, 0.15) is 19.3 Å². The van der Waals surface area contributed by atoms with Crippen molar-refractivity contribution in [3.05, 3.63) is 23.3 Å². The van der Waals surface area contributed by atoms with E-state index in [-0.39, 0.29) is 11.8 Å². The van der Waals surface area contributed by atoms with Gasteiger partial charge in [-0.05, 0) is 31.1 Å². The minimum atomic E-state index is -1.51. The molecule has 0 heterocycles. The number of nitriles is 4. The Bertz CT molecular complexity index is 746. The van der Waals surface area contributed by atoms with Gasteiger partial charge in [0.05, 0.1) is 24.3 Å². The molecule has 0 aliphatic heterocycles. The smallest absolute Gasteiger partial charge is 0.182 e. The average molecular weight is 272 g/mol. The number of hydrogen-bond acceptors (Lipinski definition) is 4. The van der Waals surface area contributed by atoms with E-state index < -0.39 is 10.8 Å². The van der Waals surface area contributed by atoms with Crippen molar-refractivity contribution in [1.29, 1.82) is 21.0 Å². The third-order valence-electron chi connectivity index (χ3n) is 6.06. The first-order valence-electron chi connectivity index (χ1n) is 7.23. The van der Waals surface area contributed by atoms with Crippen molar-refractivity contribution in [3.8, 4) is 24.3 Å². The van der Waals surface area contributed by atoms with Crippen LogP contribution in [-0.4, -0.2) is 0 Å². The fourth-order valence-corrected chi connectivity index (χ4v) is 5.24. The van der Waals surface area contributed by atoms with Gasteiger partial charge in [0, 0.05) is 11.8 Å². The molecule has 0 aromatic rings. The average Bonchev–Trinajstić information content (AvgIpc) is 3.17. The van der Waals surface area contributed by atoms with Gasteiger partial charge in [-0.25, -0.2) is 0 Å². The molecular weight excluding hydrogens is 260 g/mol. The highest BCUT2D eigenvalue weighted by atomic mass is 14.7. The number of allylic oxidation sites excluding steroid dienone is 4. The molecule has 4 atom stereocenters. The van der Waals surface area contributed by atoms with E-state index in [2.05, 4.69) is 36.4 Å². The van der Waals surface area contributed by atoms with Crippen LogP contribution in [0.4, 0.5) is 0 Å². The van der Waals surface area contributed by atoms with Gasteiger partial charge in [0.15, 0.2) is 10.8 Å². The second-order valence-corrected chi connectivity index (χ2v) is 6.58. The van der Waals surface area contributed by atoms with Crippen LogP contribution in [0.25, 0.3) is 0 Å². The lowest BCUT2D eigenvalue weighted by molar-refractivity contribution is 0.235. The number of hydrogen-bond donors (Lipinski definition) is 0. The van der Waals surface area contributed by atoms with Crippen LogP contribution in [0, 0.1) is 79.8 Å². The van der Waals surface area contributed by atoms with Crippen molar-refractivity contribution >= 4 is 0 Å². The summed E-state index contributed by atoms with van der Waals surface area (Å²) in [6, 6.07) is 8.30. The van der Waals surface area contributed by atoms with Gasteiger partial charge >= 0.3 is 0 Å². The molecule has 21 heavy (non-hydrogen) atoms. The van der Waals surface area contributed by atoms with Crippen LogP contribution in [0.3, 0.4) is 0 Å². The van der Waals surface area contributed by atoms with Gasteiger partial charge in [0.2, 0.25) is 0 Å². The molecular formula is C17H12N4. The molecule has 0 unspecified atom stereocenters. The summed E-state index contributed by atoms with van der Waals surface area (Å²) < 4.78 is 0. The lowest BCUT2D eigenvalue weighted by Gasteiger charge is -2.41. The maximum atomic E-state index is 9.68. The lowest BCUT2D eigenvalue weighted by Crippen LogP contribution is -2.45. The minimum absolute atomic E-state index is 0.239. The number of rotatable bonds is 0. The Labute approximate surface area is 123 Å². The summed E-state index contributed by atoms with van der Waals surface area (Å²) in [7, 11) is 0. The standard InChI is InChI=1S/C17H12N4/c18-6-16(7-19)13-5-14(17(16,8-20)9-21)15-11-2-1-10(3-11)4-12(13)15/h1-2,10-11,13-14H,3-5H2/t10-,11+,13-,14+/m1/s1. The third-order valence-corrected chi connectivity index (χ3v) is 6.06. The molecule has 0 aromatic carbocycles. The topological polar surface area (TPSA) is 95.2 Å². The highest BCUT2D eigenvalue weighted by Crippen LogP contribution is 2.71. The van der Waals surface area contributed by atoms with E-state index in [1.807, 2.05) is 0 Å². The van der Waals surface area contributed by atoms with Gasteiger partial charge in [-0.15, -0.1) is 0 Å². The molecule has 0 N–H and O–H groups in total. The van der Waals surface area contributed by atoms with Crippen molar-refractivity contribution in [2.45, 2.75) is 19.3 Å². The van der Waals surface area contributed by atoms with Crippen molar-refractivity contribution in [2.75, 3.05) is 0 Å². The van der Waals surface area contributed by atoms with Crippen LogP contribution in [-0.2, 0) is 0 Å². The minimum Gasteiger partial charge on any atom is -0.196 e. The first kappa shape index (κ1) is 12.2. The van der Waals surface area contributed by atoms with Crippen molar-refractivity contribution in [3.63, 3.8) is 0 Å². The summed E-state index contributed by atoms with van der Waals surface area (Å²) in [5.74, 6) is 0.324. The molecule has 4 nitrogen and oxygen atoms in total. The predicted octanol–water partition coefficient (Wildman–Crippen LogP) is 2.60. The Kier molecular flexibility index (Phi) is 2.06. The van der Waals surface area contributed by atoms with E-state index in [0.29, 0.717) is 18.3 Å². The van der Waals surface area contributed by atoms with E-state index in [4.69, 9.17) is 0 Å². The van der Waals surface area contributed by atoms with Gasteiger partial charge in [-0.2, -0.15) is 21.0 Å². The molecule has 1 fully saturated rings. The quantitative estimate of drug-likeness (QED) is 0.633. The Morgan fingerprint density at radius 1 is 0.857 bits per heavy atom. The van der Waals surface area contributed by atoms with Crippen molar-refractivity contribution in [2.24, 2.45) is 34.5 Å². The highest BCUT2D eigenvalue weighted by Gasteiger charge is 2.74. The van der Waals surface area contributed by atoms with E-state index in [1.54, 1.807) is 0 Å². The molecule has 0 saturated heterocycles. The summed E-state index contributed by atoms with van der Waals surface area (Å²) in [5.41, 5.74) is -0.607. The van der Waals surface area contributed by atoms with Gasteiger partial charge < -0.3 is 0 Å². The van der Waals surface area contributed by atoms with Crippen LogP contribution in [0.5, 0.6) is 0 Å². The SMILES string of the molecule is N#CC1(C#N)[C@@H]2C[C@@H](C3=C2C[C@@H]2C=C[C@H]3C2)C1(C#N)C#N. The van der Waals surface area contributed by atoms with Crippen LogP contribution in [0.15, 0.2) is 23.3 Å². The third kappa shape index (κ3) is 1.03. The Balaban J connectivity index is 1.99.